The van der Waals surface area contributed by atoms with Gasteiger partial charge in [0.25, 0.3) is 0 Å². The summed E-state index contributed by atoms with van der Waals surface area (Å²) in [6, 6.07) is 77.2. The van der Waals surface area contributed by atoms with Crippen molar-refractivity contribution in [2.45, 2.75) is 0 Å². The van der Waals surface area contributed by atoms with Gasteiger partial charge in [-0.3, -0.25) is 0 Å². The zero-order valence-electron chi connectivity index (χ0n) is 33.0. The monoisotopic (exact) mass is 780 g/mol. The van der Waals surface area contributed by atoms with Crippen LogP contribution in [-0.4, -0.2) is 4.98 Å². The molecule has 2 aromatic heterocycles. The Kier molecular flexibility index (Phi) is 8.13. The van der Waals surface area contributed by atoms with E-state index in [0.29, 0.717) is 5.89 Å². The van der Waals surface area contributed by atoms with E-state index in [1.54, 1.807) is 0 Å². The van der Waals surface area contributed by atoms with E-state index in [1.807, 2.05) is 42.5 Å². The molecule has 0 fully saturated rings. The fourth-order valence-corrected chi connectivity index (χ4v) is 8.98. The Hall–Kier alpha value is -8.21. The molecule has 0 radical (unpaired) electrons. The number of para-hydroxylation sites is 1. The first-order valence-corrected chi connectivity index (χ1v) is 20.6. The molecule has 0 aliphatic rings. The molecule has 0 bridgehead atoms. The van der Waals surface area contributed by atoms with E-state index >= 15 is 0 Å². The number of anilines is 3. The van der Waals surface area contributed by atoms with Crippen molar-refractivity contribution >= 4 is 71.6 Å². The van der Waals surface area contributed by atoms with Gasteiger partial charge in [0.2, 0.25) is 5.89 Å². The molecule has 61 heavy (non-hydrogen) atoms. The van der Waals surface area contributed by atoms with Crippen LogP contribution in [0.4, 0.5) is 17.1 Å². The van der Waals surface area contributed by atoms with Gasteiger partial charge in [0.15, 0.2) is 5.58 Å². The highest BCUT2D eigenvalue weighted by Gasteiger charge is 2.20. The second-order valence-corrected chi connectivity index (χ2v) is 15.5. The average molecular weight is 781 g/mol. The predicted octanol–water partition coefficient (Wildman–Crippen LogP) is 16.2. The van der Waals surface area contributed by atoms with Crippen LogP contribution in [-0.2, 0) is 0 Å². The molecule has 0 atom stereocenters. The van der Waals surface area contributed by atoms with Gasteiger partial charge in [-0.05, 0) is 122 Å². The Labute approximate surface area is 352 Å². The number of hydrogen-bond acceptors (Lipinski definition) is 4. The van der Waals surface area contributed by atoms with Gasteiger partial charge in [-0.15, -0.1) is 0 Å². The Morgan fingerprint density at radius 1 is 0.344 bits per heavy atom. The van der Waals surface area contributed by atoms with Gasteiger partial charge in [-0.2, -0.15) is 0 Å². The van der Waals surface area contributed by atoms with Crippen molar-refractivity contribution in [1.29, 1.82) is 0 Å². The van der Waals surface area contributed by atoms with Crippen LogP contribution in [0, 0.1) is 0 Å². The maximum Gasteiger partial charge on any atom is 0.227 e. The normalized spacial score (nSPS) is 11.6. The second kappa shape index (κ2) is 14.3. The molecule has 0 aliphatic carbocycles. The third-order valence-corrected chi connectivity index (χ3v) is 11.9. The quantitative estimate of drug-likeness (QED) is 0.151. The van der Waals surface area contributed by atoms with E-state index in [4.69, 9.17) is 13.8 Å². The summed E-state index contributed by atoms with van der Waals surface area (Å²) in [5.41, 5.74) is 14.2. The minimum atomic E-state index is 0.597. The Morgan fingerprint density at radius 2 is 0.918 bits per heavy atom. The van der Waals surface area contributed by atoms with E-state index in [0.717, 1.165) is 77.9 Å². The standard InChI is InChI=1S/C57H36N2O2/c1-3-13-38(14-4-1)46-19-11-12-22-51(46)59(44-30-25-39(26-31-44)49-36-42-17-7-8-18-45(42)47-20-9-10-21-48(47)49)43-28-23-37(24-29-43)41-27-32-52-50(35-41)55-53(60-52)33-34-54-56(55)58-57(61-54)40-15-5-2-6-16-40/h1-36H. The van der Waals surface area contributed by atoms with Crippen molar-refractivity contribution in [1.82, 2.24) is 4.98 Å². The first-order chi connectivity index (χ1) is 30.2. The van der Waals surface area contributed by atoms with E-state index in [-0.39, 0.29) is 0 Å². The van der Waals surface area contributed by atoms with Crippen molar-refractivity contribution in [3.05, 3.63) is 218 Å². The smallest absolute Gasteiger partial charge is 0.227 e. The molecule has 0 N–H and O–H groups in total. The minimum Gasteiger partial charge on any atom is -0.456 e. The topological polar surface area (TPSA) is 42.4 Å². The Bertz CT molecular complexity index is 3570. The van der Waals surface area contributed by atoms with Crippen LogP contribution < -0.4 is 4.90 Å². The maximum absolute atomic E-state index is 6.35. The molecule has 4 heteroatoms. The van der Waals surface area contributed by atoms with E-state index in [9.17, 15) is 0 Å². The minimum absolute atomic E-state index is 0.597. The molecule has 12 rings (SSSR count). The van der Waals surface area contributed by atoms with Crippen molar-refractivity contribution < 1.29 is 8.83 Å². The van der Waals surface area contributed by atoms with Crippen molar-refractivity contribution in [2.24, 2.45) is 0 Å². The summed E-state index contributed by atoms with van der Waals surface area (Å²) in [6.45, 7) is 0. The van der Waals surface area contributed by atoms with Gasteiger partial charge >= 0.3 is 0 Å². The van der Waals surface area contributed by atoms with E-state index in [2.05, 4.69) is 181 Å². The number of hydrogen-bond donors (Lipinski definition) is 0. The highest BCUT2D eigenvalue weighted by molar-refractivity contribution is 6.17. The Morgan fingerprint density at radius 3 is 1.69 bits per heavy atom. The number of benzene rings is 10. The molecule has 2 heterocycles. The molecule has 286 valence electrons. The molecular formula is C57H36N2O2. The first-order valence-electron chi connectivity index (χ1n) is 20.6. The van der Waals surface area contributed by atoms with Gasteiger partial charge < -0.3 is 13.7 Å². The average Bonchev–Trinajstić information content (AvgIpc) is 3.94. The lowest BCUT2D eigenvalue weighted by molar-refractivity contribution is 0.619. The van der Waals surface area contributed by atoms with Crippen LogP contribution in [0.2, 0.25) is 0 Å². The fraction of sp³-hybridized carbons (Fsp3) is 0. The highest BCUT2D eigenvalue weighted by Crippen LogP contribution is 2.44. The van der Waals surface area contributed by atoms with Crippen molar-refractivity contribution in [3.8, 4) is 44.8 Å². The van der Waals surface area contributed by atoms with Crippen LogP contribution in [0.25, 0.3) is 99.4 Å². The van der Waals surface area contributed by atoms with Gasteiger partial charge in [-0.25, -0.2) is 4.98 Å². The predicted molar refractivity (Wildman–Crippen MR) is 253 cm³/mol. The number of rotatable bonds is 7. The number of oxazole rings is 1. The zero-order chi connectivity index (χ0) is 40.3. The van der Waals surface area contributed by atoms with Gasteiger partial charge in [0.1, 0.15) is 16.7 Å². The van der Waals surface area contributed by atoms with Crippen LogP contribution in [0.1, 0.15) is 0 Å². The van der Waals surface area contributed by atoms with Crippen LogP contribution in [0.3, 0.4) is 0 Å². The lowest BCUT2D eigenvalue weighted by atomic mass is 9.93. The molecule has 0 amide bonds. The molecule has 4 nitrogen and oxygen atoms in total. The number of fused-ring (bicyclic) bond motifs is 8. The molecule has 10 aromatic carbocycles. The van der Waals surface area contributed by atoms with Gasteiger partial charge in [0.05, 0.1) is 11.1 Å². The zero-order valence-corrected chi connectivity index (χ0v) is 33.0. The fourth-order valence-electron chi connectivity index (χ4n) is 8.98. The number of furan rings is 1. The summed E-state index contributed by atoms with van der Waals surface area (Å²) in [5, 5.41) is 6.99. The molecular weight excluding hydrogens is 745 g/mol. The first kappa shape index (κ1) is 34.8. The molecule has 0 aliphatic heterocycles. The SMILES string of the molecule is c1ccc(-c2nc3c(ccc4oc5ccc(-c6ccc(N(c7ccc(-c8cc9ccccc9c9ccccc89)cc7)c7ccccc7-c7ccccc7)cc6)cc5c43)o2)cc1. The summed E-state index contributed by atoms with van der Waals surface area (Å²) in [6.07, 6.45) is 0. The molecule has 0 saturated heterocycles. The summed E-state index contributed by atoms with van der Waals surface area (Å²) < 4.78 is 12.6. The second-order valence-electron chi connectivity index (χ2n) is 15.5. The number of aromatic nitrogens is 1. The van der Waals surface area contributed by atoms with Gasteiger partial charge in [-0.1, -0.05) is 146 Å². The van der Waals surface area contributed by atoms with E-state index in [1.165, 1.54) is 32.7 Å². The van der Waals surface area contributed by atoms with Crippen molar-refractivity contribution in [3.63, 3.8) is 0 Å². The summed E-state index contributed by atoms with van der Waals surface area (Å²) in [4.78, 5) is 7.34. The summed E-state index contributed by atoms with van der Waals surface area (Å²) >= 11 is 0. The number of nitrogens with zero attached hydrogens (tertiary/aromatic N) is 2. The highest BCUT2D eigenvalue weighted by atomic mass is 16.4. The van der Waals surface area contributed by atoms with Crippen LogP contribution >= 0.6 is 0 Å². The Balaban J connectivity index is 0.959. The molecule has 12 aromatic rings. The van der Waals surface area contributed by atoms with Gasteiger partial charge in [0, 0.05) is 27.9 Å². The summed E-state index contributed by atoms with van der Waals surface area (Å²) in [5.74, 6) is 0.597. The lowest BCUT2D eigenvalue weighted by Crippen LogP contribution is -2.11. The third kappa shape index (κ3) is 5.96. The van der Waals surface area contributed by atoms with E-state index < -0.39 is 0 Å². The van der Waals surface area contributed by atoms with Crippen LogP contribution in [0.5, 0.6) is 0 Å². The van der Waals surface area contributed by atoms with Crippen molar-refractivity contribution in [2.75, 3.05) is 4.90 Å². The summed E-state index contributed by atoms with van der Waals surface area (Å²) in [7, 11) is 0. The largest absolute Gasteiger partial charge is 0.456 e. The molecule has 0 unspecified atom stereocenters. The lowest BCUT2D eigenvalue weighted by Gasteiger charge is -2.28. The molecule has 0 saturated carbocycles. The maximum atomic E-state index is 6.35. The third-order valence-electron chi connectivity index (χ3n) is 11.9. The van der Waals surface area contributed by atoms with Crippen LogP contribution in [0.15, 0.2) is 227 Å². The molecule has 0 spiro atoms.